The summed E-state index contributed by atoms with van der Waals surface area (Å²) in [6.07, 6.45) is 0. The van der Waals surface area contributed by atoms with Crippen LogP contribution in [0, 0.1) is 20.8 Å². The number of hydrogen-bond donors (Lipinski definition) is 2. The molecule has 2 N–H and O–H groups in total. The predicted molar refractivity (Wildman–Crippen MR) is 97.8 cm³/mol. The number of carbonyl (C=O) groups excluding carboxylic acids is 1. The van der Waals surface area contributed by atoms with Crippen molar-refractivity contribution in [1.29, 1.82) is 0 Å². The lowest BCUT2D eigenvalue weighted by atomic mass is 10.2. The van der Waals surface area contributed by atoms with Crippen molar-refractivity contribution in [2.75, 3.05) is 10.6 Å². The minimum absolute atomic E-state index is 0.323. The standard InChI is InChI=1S/C18H17ClN4O/c1-10-8-13(19)4-6-15(10)23-18(24)22-14-5-7-16-17(9-14)21-12(3)11(2)20-16/h4-9H,1-3H3,(H2,22,23,24). The lowest BCUT2D eigenvalue weighted by Gasteiger charge is -2.11. The van der Waals surface area contributed by atoms with Gasteiger partial charge in [0.1, 0.15) is 0 Å². The number of halogens is 1. The van der Waals surface area contributed by atoms with Crippen LogP contribution in [0.3, 0.4) is 0 Å². The van der Waals surface area contributed by atoms with Gasteiger partial charge in [-0.05, 0) is 62.7 Å². The molecule has 2 aromatic carbocycles. The normalized spacial score (nSPS) is 10.7. The summed E-state index contributed by atoms with van der Waals surface area (Å²) in [5, 5.41) is 6.25. The molecule has 0 unspecified atom stereocenters. The molecule has 24 heavy (non-hydrogen) atoms. The lowest BCUT2D eigenvalue weighted by molar-refractivity contribution is 0.262. The fourth-order valence-electron chi connectivity index (χ4n) is 2.36. The molecule has 3 rings (SSSR count). The molecule has 3 aromatic rings. The molecule has 1 aromatic heterocycles. The average molecular weight is 341 g/mol. The number of nitrogens with zero attached hydrogens (tertiary/aromatic N) is 2. The second-order valence-electron chi connectivity index (χ2n) is 5.64. The van der Waals surface area contributed by atoms with Crippen LogP contribution in [0.25, 0.3) is 11.0 Å². The van der Waals surface area contributed by atoms with Gasteiger partial charge in [0.25, 0.3) is 0 Å². The summed E-state index contributed by atoms with van der Waals surface area (Å²) in [5.74, 6) is 0. The zero-order valence-electron chi connectivity index (χ0n) is 13.6. The first-order valence-electron chi connectivity index (χ1n) is 7.51. The van der Waals surface area contributed by atoms with Gasteiger partial charge in [0.2, 0.25) is 0 Å². The Morgan fingerprint density at radius 2 is 1.62 bits per heavy atom. The molecule has 0 aliphatic carbocycles. The molecule has 0 bridgehead atoms. The number of fused-ring (bicyclic) bond motifs is 1. The van der Waals surface area contributed by atoms with Gasteiger partial charge >= 0.3 is 6.03 Å². The summed E-state index contributed by atoms with van der Waals surface area (Å²) >= 11 is 5.92. The van der Waals surface area contributed by atoms with Crippen molar-refractivity contribution in [3.8, 4) is 0 Å². The van der Waals surface area contributed by atoms with Gasteiger partial charge in [-0.3, -0.25) is 0 Å². The number of carbonyl (C=O) groups is 1. The largest absolute Gasteiger partial charge is 0.323 e. The van der Waals surface area contributed by atoms with E-state index in [0.717, 1.165) is 28.0 Å². The van der Waals surface area contributed by atoms with E-state index in [1.165, 1.54) is 0 Å². The number of nitrogens with one attached hydrogen (secondary N) is 2. The second-order valence-corrected chi connectivity index (χ2v) is 6.07. The highest BCUT2D eigenvalue weighted by Gasteiger charge is 2.07. The number of aryl methyl sites for hydroxylation is 3. The van der Waals surface area contributed by atoms with Crippen molar-refractivity contribution < 1.29 is 4.79 Å². The Bertz CT molecular complexity index is 940. The third kappa shape index (κ3) is 3.46. The number of aromatic nitrogens is 2. The van der Waals surface area contributed by atoms with Crippen molar-refractivity contribution in [3.05, 3.63) is 58.4 Å². The zero-order valence-corrected chi connectivity index (χ0v) is 14.4. The lowest BCUT2D eigenvalue weighted by Crippen LogP contribution is -2.20. The Hall–Kier alpha value is -2.66. The van der Waals surface area contributed by atoms with Crippen LogP contribution in [0.15, 0.2) is 36.4 Å². The molecule has 0 fully saturated rings. The van der Waals surface area contributed by atoms with Crippen molar-refractivity contribution in [3.63, 3.8) is 0 Å². The van der Waals surface area contributed by atoms with Crippen LogP contribution in [0.2, 0.25) is 5.02 Å². The molecule has 2 amide bonds. The molecule has 0 saturated carbocycles. The van der Waals surface area contributed by atoms with Crippen LogP contribution in [0.5, 0.6) is 0 Å². The monoisotopic (exact) mass is 340 g/mol. The number of rotatable bonds is 2. The molecule has 6 heteroatoms. The van der Waals surface area contributed by atoms with Gasteiger partial charge in [-0.25, -0.2) is 14.8 Å². The molecular formula is C18H17ClN4O. The maximum Gasteiger partial charge on any atom is 0.323 e. The first kappa shape index (κ1) is 16.2. The highest BCUT2D eigenvalue weighted by atomic mass is 35.5. The zero-order chi connectivity index (χ0) is 17.3. The third-order valence-corrected chi connectivity index (χ3v) is 4.00. The van der Waals surface area contributed by atoms with Crippen LogP contribution < -0.4 is 10.6 Å². The predicted octanol–water partition coefficient (Wildman–Crippen LogP) is 4.85. The number of urea groups is 1. The summed E-state index contributed by atoms with van der Waals surface area (Å²) in [5.41, 5.74) is 5.59. The van der Waals surface area contributed by atoms with E-state index < -0.39 is 0 Å². The maximum atomic E-state index is 12.2. The van der Waals surface area contributed by atoms with Crippen molar-refractivity contribution in [2.24, 2.45) is 0 Å². The number of hydrogen-bond acceptors (Lipinski definition) is 3. The van der Waals surface area contributed by atoms with E-state index >= 15 is 0 Å². The maximum absolute atomic E-state index is 12.2. The van der Waals surface area contributed by atoms with Gasteiger partial charge in [-0.1, -0.05) is 11.6 Å². The summed E-state index contributed by atoms with van der Waals surface area (Å²) in [7, 11) is 0. The van der Waals surface area contributed by atoms with E-state index in [4.69, 9.17) is 11.6 Å². The van der Waals surface area contributed by atoms with Gasteiger partial charge in [-0.15, -0.1) is 0 Å². The highest BCUT2D eigenvalue weighted by Crippen LogP contribution is 2.21. The van der Waals surface area contributed by atoms with Crippen LogP contribution >= 0.6 is 11.6 Å². The fourth-order valence-corrected chi connectivity index (χ4v) is 2.59. The molecule has 0 atom stereocenters. The number of amides is 2. The smallest absolute Gasteiger partial charge is 0.308 e. The molecule has 0 spiro atoms. The van der Waals surface area contributed by atoms with E-state index in [1.807, 2.05) is 32.9 Å². The van der Waals surface area contributed by atoms with Crippen molar-refractivity contribution in [1.82, 2.24) is 9.97 Å². The third-order valence-electron chi connectivity index (χ3n) is 3.77. The molecule has 0 aliphatic rings. The first-order chi connectivity index (χ1) is 11.4. The van der Waals surface area contributed by atoms with Gasteiger partial charge in [-0.2, -0.15) is 0 Å². The van der Waals surface area contributed by atoms with E-state index in [0.29, 0.717) is 16.4 Å². The minimum Gasteiger partial charge on any atom is -0.308 e. The Kier molecular flexibility index (Phi) is 4.36. The Balaban J connectivity index is 1.78. The van der Waals surface area contributed by atoms with E-state index in [9.17, 15) is 4.79 Å². The first-order valence-corrected chi connectivity index (χ1v) is 7.89. The summed E-state index contributed by atoms with van der Waals surface area (Å²) in [6, 6.07) is 10.4. The molecular weight excluding hydrogens is 324 g/mol. The molecule has 1 heterocycles. The molecule has 122 valence electrons. The molecule has 0 radical (unpaired) electrons. The summed E-state index contributed by atoms with van der Waals surface area (Å²) in [4.78, 5) is 21.2. The fraction of sp³-hybridized carbons (Fsp3) is 0.167. The van der Waals surface area contributed by atoms with Gasteiger partial charge in [0.05, 0.1) is 22.4 Å². The molecule has 0 aliphatic heterocycles. The van der Waals surface area contributed by atoms with Crippen LogP contribution in [-0.2, 0) is 0 Å². The van der Waals surface area contributed by atoms with Crippen molar-refractivity contribution >= 4 is 40.0 Å². The second kappa shape index (κ2) is 6.45. The quantitative estimate of drug-likeness (QED) is 0.700. The van der Waals surface area contributed by atoms with E-state index in [-0.39, 0.29) is 6.03 Å². The van der Waals surface area contributed by atoms with Crippen LogP contribution in [-0.4, -0.2) is 16.0 Å². The average Bonchev–Trinajstić information content (AvgIpc) is 2.51. The molecule has 5 nitrogen and oxygen atoms in total. The SMILES string of the molecule is Cc1cc(Cl)ccc1NC(=O)Nc1ccc2nc(C)c(C)nc2c1. The Labute approximate surface area is 145 Å². The molecule has 0 saturated heterocycles. The van der Waals surface area contributed by atoms with Crippen LogP contribution in [0.4, 0.5) is 16.2 Å². The van der Waals surface area contributed by atoms with Gasteiger partial charge in [0.15, 0.2) is 0 Å². The summed E-state index contributed by atoms with van der Waals surface area (Å²) in [6.45, 7) is 5.73. The summed E-state index contributed by atoms with van der Waals surface area (Å²) < 4.78 is 0. The number of anilines is 2. The Morgan fingerprint density at radius 1 is 0.917 bits per heavy atom. The van der Waals surface area contributed by atoms with E-state index in [1.54, 1.807) is 24.3 Å². The van der Waals surface area contributed by atoms with Gasteiger partial charge < -0.3 is 10.6 Å². The van der Waals surface area contributed by atoms with Crippen molar-refractivity contribution in [2.45, 2.75) is 20.8 Å². The number of benzene rings is 2. The van der Waals surface area contributed by atoms with Gasteiger partial charge in [0, 0.05) is 16.4 Å². The highest BCUT2D eigenvalue weighted by molar-refractivity contribution is 6.30. The van der Waals surface area contributed by atoms with Crippen LogP contribution in [0.1, 0.15) is 17.0 Å². The minimum atomic E-state index is -0.323. The Morgan fingerprint density at radius 3 is 2.33 bits per heavy atom. The van der Waals surface area contributed by atoms with E-state index in [2.05, 4.69) is 20.6 Å². The topological polar surface area (TPSA) is 66.9 Å².